The van der Waals surface area contributed by atoms with E-state index in [1.54, 1.807) is 0 Å². The van der Waals surface area contributed by atoms with Gasteiger partial charge in [-0.15, -0.1) is 0 Å². The Hall–Kier alpha value is -4.16. The number of rotatable bonds is 29. The SMILES string of the molecule is CCC1O[C@H](OCC2O[C@H](OCC3O[C@@H](O[C@@H]4C(CC)O[C@@H](O[C@@H]5C(CC)O[C@@H](OCc6ccccc6)C(Nc6ccccc6)[C@H]5C)C(Nc5ccccc5)[C@H]4C)C(OCc4ccccc4)[C@@H](O[C@@H]4OC(CC)[C@H](C)C(C)[C@@H]4C)[C@@H]3O)C(C)[C@@H](O[C@@H]3OC(CC)[C@H](C)C(C)[C@@H]3C)[C@@H]2C)[C@H](C)C(C)[C@@H]1C. The van der Waals surface area contributed by atoms with E-state index in [0.29, 0.717) is 43.1 Å². The first-order valence-corrected chi connectivity index (χ1v) is 40.2. The van der Waals surface area contributed by atoms with Crippen LogP contribution in [0.15, 0.2) is 121 Å². The Morgan fingerprint density at radius 2 is 0.625 bits per heavy atom. The molecule has 0 aliphatic carbocycles. The highest BCUT2D eigenvalue weighted by Crippen LogP contribution is 2.46. The van der Waals surface area contributed by atoms with Gasteiger partial charge in [0.05, 0.1) is 93.4 Å². The summed E-state index contributed by atoms with van der Waals surface area (Å²) in [6.07, 6.45) is -8.17. The minimum atomic E-state index is -1.31. The maximum Gasteiger partial charge on any atom is 0.187 e. The Bertz CT molecular complexity index is 3120. The molecule has 0 radical (unpaired) electrons. The van der Waals surface area contributed by atoms with Gasteiger partial charge in [-0.05, 0) is 103 Å². The second-order valence-electron chi connectivity index (χ2n) is 32.2. The molecule has 18 nitrogen and oxygen atoms in total. The number of anilines is 2. The molecule has 7 aliphatic heterocycles. The summed E-state index contributed by atoms with van der Waals surface area (Å²) >= 11 is 0. The maximum absolute atomic E-state index is 13.4. The van der Waals surface area contributed by atoms with Crippen molar-refractivity contribution in [1.82, 2.24) is 0 Å². The Labute approximate surface area is 623 Å². The monoisotopic (exact) mass is 1450 g/mol. The highest BCUT2D eigenvalue weighted by atomic mass is 16.8. The highest BCUT2D eigenvalue weighted by molar-refractivity contribution is 5.45. The topological polar surface area (TPSA) is 183 Å². The average Bonchev–Trinajstić information content (AvgIpc) is 0.754. The number of hydrogen-bond acceptors (Lipinski definition) is 18. The molecule has 18 heteroatoms. The molecule has 14 unspecified atom stereocenters. The second kappa shape index (κ2) is 37.5. The minimum absolute atomic E-state index is 0.0444. The molecule has 0 saturated carbocycles. The van der Waals surface area contributed by atoms with Crippen LogP contribution in [0.5, 0.6) is 0 Å². The second-order valence-corrected chi connectivity index (χ2v) is 32.2. The zero-order valence-electron chi connectivity index (χ0n) is 65.7. The zero-order valence-corrected chi connectivity index (χ0v) is 65.7. The van der Waals surface area contributed by atoms with Crippen molar-refractivity contribution in [3.05, 3.63) is 132 Å². The van der Waals surface area contributed by atoms with Crippen LogP contribution in [0.2, 0.25) is 0 Å². The molecule has 7 heterocycles. The van der Waals surface area contributed by atoms with Crippen LogP contribution in [-0.2, 0) is 84.3 Å². The van der Waals surface area contributed by atoms with E-state index in [-0.39, 0.29) is 110 Å². The van der Waals surface area contributed by atoms with Crippen LogP contribution in [0.1, 0.15) is 168 Å². The summed E-state index contributed by atoms with van der Waals surface area (Å²) in [5.74, 6) is 1.43. The molecule has 11 rings (SSSR count). The summed E-state index contributed by atoms with van der Waals surface area (Å²) in [7, 11) is 0. The van der Waals surface area contributed by atoms with Crippen molar-refractivity contribution >= 4 is 11.4 Å². The molecule has 0 bridgehead atoms. The molecular weight excluding hydrogens is 1320 g/mol. The van der Waals surface area contributed by atoms with E-state index in [4.69, 9.17) is 71.1 Å². The zero-order chi connectivity index (χ0) is 74.0. The van der Waals surface area contributed by atoms with Crippen LogP contribution in [0.25, 0.3) is 0 Å². The molecule has 7 fully saturated rings. The Kier molecular flexibility index (Phi) is 29.2. The van der Waals surface area contributed by atoms with Gasteiger partial charge in [-0.3, -0.25) is 0 Å². The third kappa shape index (κ3) is 18.6. The summed E-state index contributed by atoms with van der Waals surface area (Å²) in [4.78, 5) is 0. The smallest absolute Gasteiger partial charge is 0.187 e. The van der Waals surface area contributed by atoms with Gasteiger partial charge in [0.2, 0.25) is 0 Å². The number of benzene rings is 4. The first-order chi connectivity index (χ1) is 50.1. The van der Waals surface area contributed by atoms with Gasteiger partial charge < -0.3 is 86.8 Å². The van der Waals surface area contributed by atoms with Crippen molar-refractivity contribution in [3.8, 4) is 0 Å². The predicted molar refractivity (Wildman–Crippen MR) is 403 cm³/mol. The molecule has 4 aromatic rings. The summed E-state index contributed by atoms with van der Waals surface area (Å²) in [5, 5.41) is 21.1. The predicted octanol–water partition coefficient (Wildman–Crippen LogP) is 16.1. The van der Waals surface area contributed by atoms with Crippen molar-refractivity contribution in [2.24, 2.45) is 76.9 Å². The molecule has 7 aliphatic rings. The maximum atomic E-state index is 13.4. The number of hydrogen-bond donors (Lipinski definition) is 3. The van der Waals surface area contributed by atoms with Crippen LogP contribution in [-0.4, -0.2) is 154 Å². The number of ether oxygens (including phenoxy) is 15. The van der Waals surface area contributed by atoms with Crippen LogP contribution in [0, 0.1) is 76.9 Å². The first-order valence-electron chi connectivity index (χ1n) is 40.2. The Balaban J connectivity index is 0.918. The molecule has 35 atom stereocenters. The van der Waals surface area contributed by atoms with Crippen molar-refractivity contribution < 1.29 is 76.2 Å². The van der Waals surface area contributed by atoms with Crippen molar-refractivity contribution in [3.63, 3.8) is 0 Å². The van der Waals surface area contributed by atoms with Crippen LogP contribution < -0.4 is 10.6 Å². The molecule has 0 spiro atoms. The minimum Gasteiger partial charge on any atom is -0.387 e. The summed E-state index contributed by atoms with van der Waals surface area (Å²) in [6, 6.07) is 39.9. The van der Waals surface area contributed by atoms with Gasteiger partial charge in [0, 0.05) is 52.8 Å². The number of aliphatic hydroxyl groups excluding tert-OH is 1. The molecule has 104 heavy (non-hydrogen) atoms. The normalized spacial score (nSPS) is 42.9. The molecular formula is C86H130N2O16. The molecule has 0 aromatic heterocycles. The van der Waals surface area contributed by atoms with Gasteiger partial charge >= 0.3 is 0 Å². The van der Waals surface area contributed by atoms with E-state index in [2.05, 4.69) is 172 Å². The number of para-hydroxylation sites is 2. The van der Waals surface area contributed by atoms with Crippen molar-refractivity contribution in [1.29, 1.82) is 0 Å². The standard InChI is InChI=1S/C86H130N2O16/c1-19-65-51(9)48(6)54(12)80(94-65)92-46-70-57(15)75(101-82-55(13)49(7)52(10)66(20-2)95-82)60(18)81(99-70)93-47-71-74(89)78(104-83-56(14)50(8)53(11)67(21-3)96-83)79(90-44-61-36-28-24-29-37-61)86(100-71)103-77-59(17)73(88-64-42-34-27-35-43-64)85(98-69(77)23-5)102-76-58(16)72(87-63-40-32-26-33-41-63)84(97-68(76)22-4)91-45-62-38-30-25-31-39-62/h24-43,48-60,65-89H,19-23,44-47H2,1-18H3/t48?,49?,50?,51-,52+,53+,54+,55-,56-,57+,58+,59+,60?,65?,66?,67?,68?,69?,70?,71?,72?,73?,74+,75-,76-,77-,78-,79?,80-,81-,82-,83-,84+,85-,86-/m0/s1. The first kappa shape index (κ1) is 80.8. The summed E-state index contributed by atoms with van der Waals surface area (Å²) in [6.45, 7) is 40.6. The number of nitrogens with one attached hydrogen (secondary N) is 2. The van der Waals surface area contributed by atoms with Crippen LogP contribution in [0.4, 0.5) is 11.4 Å². The van der Waals surface area contributed by atoms with Gasteiger partial charge in [0.25, 0.3) is 0 Å². The van der Waals surface area contributed by atoms with E-state index in [1.807, 2.05) is 84.9 Å². The van der Waals surface area contributed by atoms with Crippen molar-refractivity contribution in [2.75, 3.05) is 23.8 Å². The molecule has 0 amide bonds. The van der Waals surface area contributed by atoms with Crippen LogP contribution in [0.3, 0.4) is 0 Å². The van der Waals surface area contributed by atoms with Gasteiger partial charge in [0.1, 0.15) is 24.4 Å². The lowest BCUT2D eigenvalue weighted by molar-refractivity contribution is -0.379. The highest BCUT2D eigenvalue weighted by Gasteiger charge is 2.57. The van der Waals surface area contributed by atoms with E-state index >= 15 is 0 Å². The molecule has 580 valence electrons. The van der Waals surface area contributed by atoms with E-state index in [0.717, 1.165) is 41.8 Å². The molecule has 4 aromatic carbocycles. The third-order valence-corrected chi connectivity index (χ3v) is 25.8. The fourth-order valence-electron chi connectivity index (χ4n) is 17.7. The van der Waals surface area contributed by atoms with Gasteiger partial charge in [0.15, 0.2) is 44.0 Å². The van der Waals surface area contributed by atoms with E-state index in [9.17, 15) is 5.11 Å². The van der Waals surface area contributed by atoms with Gasteiger partial charge in [-0.2, -0.15) is 0 Å². The fourth-order valence-corrected chi connectivity index (χ4v) is 17.7. The van der Waals surface area contributed by atoms with E-state index < -0.39 is 98.9 Å². The van der Waals surface area contributed by atoms with Crippen LogP contribution >= 0.6 is 0 Å². The fraction of sp³-hybridized carbons (Fsp3) is 0.721. The lowest BCUT2D eigenvalue weighted by atomic mass is 9.78. The van der Waals surface area contributed by atoms with E-state index in [1.165, 1.54) is 0 Å². The summed E-state index contributed by atoms with van der Waals surface area (Å²) < 4.78 is 108. The quantitative estimate of drug-likeness (QED) is 0.0466. The largest absolute Gasteiger partial charge is 0.387 e. The van der Waals surface area contributed by atoms with Gasteiger partial charge in [-0.1, -0.05) is 222 Å². The molecule has 7 saturated heterocycles. The molecule has 3 N–H and O–H groups in total. The van der Waals surface area contributed by atoms with Gasteiger partial charge in [-0.25, -0.2) is 0 Å². The average molecular weight is 1450 g/mol. The lowest BCUT2D eigenvalue weighted by Gasteiger charge is -2.52. The Morgan fingerprint density at radius 3 is 1.10 bits per heavy atom. The Morgan fingerprint density at radius 1 is 0.279 bits per heavy atom. The lowest BCUT2D eigenvalue weighted by Crippen LogP contribution is -2.66. The number of aliphatic hydroxyl groups is 1. The van der Waals surface area contributed by atoms with Crippen molar-refractivity contribution in [2.45, 2.75) is 305 Å². The third-order valence-electron chi connectivity index (χ3n) is 25.8. The summed E-state index contributed by atoms with van der Waals surface area (Å²) in [5.41, 5.74) is 3.84.